The molecule has 7 nitrogen and oxygen atoms in total. The summed E-state index contributed by atoms with van der Waals surface area (Å²) in [5, 5.41) is 7.11. The third-order valence-corrected chi connectivity index (χ3v) is 4.08. The van der Waals surface area contributed by atoms with Gasteiger partial charge in [0.05, 0.1) is 18.9 Å². The number of hydrogen-bond acceptors (Lipinski definition) is 5. The normalized spacial score (nSPS) is 10.6. The smallest absolute Gasteiger partial charge is 0.292 e. The lowest BCUT2D eigenvalue weighted by Gasteiger charge is -2.11. The van der Waals surface area contributed by atoms with Crippen molar-refractivity contribution in [2.45, 2.75) is 6.42 Å². The van der Waals surface area contributed by atoms with E-state index in [0.717, 1.165) is 10.8 Å². The monoisotopic (exact) mass is 367 g/mol. The summed E-state index contributed by atoms with van der Waals surface area (Å²) < 4.78 is 10.7. The molecule has 4 N–H and O–H groups in total. The molecule has 0 unspecified atom stereocenters. The average molecular weight is 367 g/mol. The second kappa shape index (κ2) is 8.37. The number of amides is 2. The van der Waals surface area contributed by atoms with Crippen LogP contribution >= 0.6 is 0 Å². The summed E-state index contributed by atoms with van der Waals surface area (Å²) in [7, 11) is 1.49. The van der Waals surface area contributed by atoms with Crippen molar-refractivity contribution in [1.29, 1.82) is 0 Å². The maximum absolute atomic E-state index is 12.6. The molecule has 0 radical (unpaired) electrons. The second-order valence-corrected chi connectivity index (χ2v) is 5.92. The lowest BCUT2D eigenvalue weighted by atomic mass is 10.1. The molecule has 2 aromatic carbocycles. The van der Waals surface area contributed by atoms with Crippen molar-refractivity contribution < 1.29 is 18.7 Å². The molecule has 0 bridgehead atoms. The maximum Gasteiger partial charge on any atom is 0.292 e. The van der Waals surface area contributed by atoms with Gasteiger partial charge < -0.3 is 25.5 Å². The van der Waals surface area contributed by atoms with Gasteiger partial charge in [0.15, 0.2) is 5.76 Å². The molecule has 0 saturated heterocycles. The van der Waals surface area contributed by atoms with Crippen molar-refractivity contribution in [3.63, 3.8) is 0 Å². The fourth-order valence-electron chi connectivity index (χ4n) is 2.72. The molecule has 0 aliphatic rings. The van der Waals surface area contributed by atoms with Crippen molar-refractivity contribution in [3.05, 3.63) is 60.1 Å². The summed E-state index contributed by atoms with van der Waals surface area (Å²) >= 11 is 0. The van der Waals surface area contributed by atoms with Crippen LogP contribution in [0.25, 0.3) is 10.8 Å². The number of nitrogens with two attached hydrogens (primary N) is 1. The van der Waals surface area contributed by atoms with E-state index < -0.39 is 5.91 Å². The van der Waals surface area contributed by atoms with E-state index in [4.69, 9.17) is 14.9 Å². The van der Waals surface area contributed by atoms with Crippen LogP contribution in [0.1, 0.15) is 27.3 Å². The Morgan fingerprint density at radius 1 is 1.15 bits per heavy atom. The SMILES string of the molecule is COc1ccc(NC(=O)c2occ3ccccc23)cc1C(=O)NCCCN. The van der Waals surface area contributed by atoms with E-state index in [0.29, 0.717) is 36.5 Å². The van der Waals surface area contributed by atoms with Crippen LogP contribution in [0.4, 0.5) is 5.69 Å². The van der Waals surface area contributed by atoms with Crippen LogP contribution in [-0.2, 0) is 0 Å². The number of carbonyl (C=O) groups excluding carboxylic acids is 2. The van der Waals surface area contributed by atoms with Crippen molar-refractivity contribution in [2.24, 2.45) is 5.73 Å². The van der Waals surface area contributed by atoms with Crippen molar-refractivity contribution in [2.75, 3.05) is 25.5 Å². The molecule has 2 amide bonds. The molecule has 3 aromatic rings. The summed E-state index contributed by atoms with van der Waals surface area (Å²) in [6.45, 7) is 0.956. The zero-order valence-electron chi connectivity index (χ0n) is 15.0. The Hall–Kier alpha value is -3.32. The molecule has 0 fully saturated rings. The quantitative estimate of drug-likeness (QED) is 0.557. The molecule has 1 aromatic heterocycles. The molecular weight excluding hydrogens is 346 g/mol. The fourth-order valence-corrected chi connectivity index (χ4v) is 2.72. The first-order valence-corrected chi connectivity index (χ1v) is 8.58. The fraction of sp³-hybridized carbons (Fsp3) is 0.200. The molecule has 1 heterocycles. The van der Waals surface area contributed by atoms with E-state index >= 15 is 0 Å². The number of rotatable bonds is 7. The largest absolute Gasteiger partial charge is 0.496 e. The predicted octanol–water partition coefficient (Wildman–Crippen LogP) is 2.77. The Bertz CT molecular complexity index is 965. The van der Waals surface area contributed by atoms with Crippen LogP contribution in [0.15, 0.2) is 53.1 Å². The number of nitrogens with one attached hydrogen (secondary N) is 2. The van der Waals surface area contributed by atoms with Crippen molar-refractivity contribution in [3.8, 4) is 5.75 Å². The highest BCUT2D eigenvalue weighted by atomic mass is 16.5. The molecule has 0 atom stereocenters. The highest BCUT2D eigenvalue weighted by Gasteiger charge is 2.17. The summed E-state index contributed by atoms with van der Waals surface area (Å²) in [5.41, 5.74) is 6.24. The van der Waals surface area contributed by atoms with Gasteiger partial charge in [0.1, 0.15) is 5.75 Å². The van der Waals surface area contributed by atoms with E-state index in [1.165, 1.54) is 13.4 Å². The predicted molar refractivity (Wildman–Crippen MR) is 103 cm³/mol. The topological polar surface area (TPSA) is 107 Å². The first-order valence-electron chi connectivity index (χ1n) is 8.58. The minimum Gasteiger partial charge on any atom is -0.496 e. The third-order valence-electron chi connectivity index (χ3n) is 4.08. The van der Waals surface area contributed by atoms with Gasteiger partial charge in [-0.15, -0.1) is 0 Å². The van der Waals surface area contributed by atoms with E-state index in [2.05, 4.69) is 10.6 Å². The number of fused-ring (bicyclic) bond motifs is 1. The first kappa shape index (κ1) is 18.5. The molecule has 7 heteroatoms. The molecular formula is C20H21N3O4. The van der Waals surface area contributed by atoms with Gasteiger partial charge in [0, 0.05) is 23.0 Å². The van der Waals surface area contributed by atoms with Gasteiger partial charge in [-0.2, -0.15) is 0 Å². The minimum absolute atomic E-state index is 0.218. The zero-order valence-corrected chi connectivity index (χ0v) is 15.0. The van der Waals surface area contributed by atoms with Gasteiger partial charge in [0.25, 0.3) is 11.8 Å². The Labute approximate surface area is 156 Å². The number of hydrogen-bond donors (Lipinski definition) is 3. The Balaban J connectivity index is 1.81. The lowest BCUT2D eigenvalue weighted by molar-refractivity contribution is 0.0948. The Morgan fingerprint density at radius 3 is 2.74 bits per heavy atom. The molecule has 27 heavy (non-hydrogen) atoms. The number of methoxy groups -OCH3 is 1. The second-order valence-electron chi connectivity index (χ2n) is 5.92. The van der Waals surface area contributed by atoms with Crippen molar-refractivity contribution in [1.82, 2.24) is 5.32 Å². The van der Waals surface area contributed by atoms with Gasteiger partial charge in [-0.1, -0.05) is 24.3 Å². The van der Waals surface area contributed by atoms with Gasteiger partial charge in [0.2, 0.25) is 0 Å². The molecule has 0 spiro atoms. The maximum atomic E-state index is 12.6. The van der Waals surface area contributed by atoms with E-state index in [-0.39, 0.29) is 11.7 Å². The number of benzene rings is 2. The number of furan rings is 1. The van der Waals surface area contributed by atoms with Gasteiger partial charge in [-0.05, 0) is 31.2 Å². The van der Waals surface area contributed by atoms with Gasteiger partial charge in [-0.25, -0.2) is 0 Å². The Kier molecular flexibility index (Phi) is 5.73. The van der Waals surface area contributed by atoms with Gasteiger partial charge >= 0.3 is 0 Å². The first-order chi connectivity index (χ1) is 13.1. The van der Waals surface area contributed by atoms with Gasteiger partial charge in [-0.3, -0.25) is 9.59 Å². The number of ether oxygens (including phenoxy) is 1. The minimum atomic E-state index is -0.393. The van der Waals surface area contributed by atoms with Crippen LogP contribution in [0.5, 0.6) is 5.75 Å². The summed E-state index contributed by atoms with van der Waals surface area (Å²) in [6, 6.07) is 12.3. The van der Waals surface area contributed by atoms with Crippen LogP contribution in [0.3, 0.4) is 0 Å². The molecule has 0 aliphatic heterocycles. The zero-order chi connectivity index (χ0) is 19.2. The van der Waals surface area contributed by atoms with Crippen LogP contribution in [0, 0.1) is 0 Å². The summed E-state index contributed by atoms with van der Waals surface area (Å²) in [6.07, 6.45) is 2.21. The highest BCUT2D eigenvalue weighted by molar-refractivity contribution is 6.11. The Morgan fingerprint density at radius 2 is 1.96 bits per heavy atom. The molecule has 0 saturated carbocycles. The lowest BCUT2D eigenvalue weighted by Crippen LogP contribution is -2.26. The average Bonchev–Trinajstić information content (AvgIpc) is 3.12. The molecule has 0 aliphatic carbocycles. The number of anilines is 1. The van der Waals surface area contributed by atoms with E-state index in [1.54, 1.807) is 18.2 Å². The number of carbonyl (C=O) groups is 2. The van der Waals surface area contributed by atoms with E-state index in [9.17, 15) is 9.59 Å². The molecule has 3 rings (SSSR count). The third kappa shape index (κ3) is 4.09. The van der Waals surface area contributed by atoms with E-state index in [1.807, 2.05) is 24.3 Å². The van der Waals surface area contributed by atoms with Crippen LogP contribution < -0.4 is 21.1 Å². The summed E-state index contributed by atoms with van der Waals surface area (Å²) in [5.74, 6) is -0.0484. The van der Waals surface area contributed by atoms with Crippen molar-refractivity contribution >= 4 is 28.3 Å². The van der Waals surface area contributed by atoms with Crippen LogP contribution in [0.2, 0.25) is 0 Å². The van der Waals surface area contributed by atoms with Crippen LogP contribution in [-0.4, -0.2) is 32.0 Å². The standard InChI is InChI=1S/C20H21N3O4/c1-26-17-8-7-14(11-16(17)19(24)22-10-4-9-21)23-20(25)18-15-6-3-2-5-13(15)12-27-18/h2-3,5-8,11-12H,4,9-10,21H2,1H3,(H,22,24)(H,23,25). The highest BCUT2D eigenvalue weighted by Crippen LogP contribution is 2.25. The summed E-state index contributed by atoms with van der Waals surface area (Å²) in [4.78, 5) is 25.0. The molecule has 140 valence electrons.